The van der Waals surface area contributed by atoms with Crippen molar-refractivity contribution in [2.75, 3.05) is 12.0 Å². The first-order valence-electron chi connectivity index (χ1n) is 9.84. The lowest BCUT2D eigenvalue weighted by Gasteiger charge is -2.27. The van der Waals surface area contributed by atoms with E-state index < -0.39 is 52.9 Å². The number of carboxylic acid groups (broad SMARTS) is 1. The Morgan fingerprint density at radius 2 is 1.82 bits per heavy atom. The monoisotopic (exact) mass is 464 g/mol. The Hall–Kier alpha value is -3.60. The van der Waals surface area contributed by atoms with Gasteiger partial charge in [-0.1, -0.05) is 18.2 Å². The molecule has 174 valence electrons. The largest absolute Gasteiger partial charge is 0.504 e. The number of nitrogens with one attached hydrogen (secondary N) is 1. The number of carboxylic acids is 1. The van der Waals surface area contributed by atoms with Gasteiger partial charge in [0.1, 0.15) is 5.54 Å². The molecule has 2 aromatic carbocycles. The standard InChI is InChI=1S/C22H19F3N2O6/c1-21(20(31)32)15-14(16(26-21)12-7-4-8-13(33-2)17(12)28)18(29)27(19(15)30)11-6-3-5-10(9-11)22(23,24)25/h3-9,14-16,26,28H,1-2H3,(H,31,32)/t14-,15+,16-,21+/m0/s1. The van der Waals surface area contributed by atoms with E-state index >= 15 is 0 Å². The minimum Gasteiger partial charge on any atom is -0.504 e. The summed E-state index contributed by atoms with van der Waals surface area (Å²) in [6.07, 6.45) is -4.70. The average molecular weight is 464 g/mol. The number of fused-ring (bicyclic) bond motifs is 1. The van der Waals surface area contributed by atoms with Crippen LogP contribution in [0.4, 0.5) is 18.9 Å². The zero-order chi connectivity index (χ0) is 24.3. The predicted molar refractivity (Wildman–Crippen MR) is 107 cm³/mol. The third-order valence-corrected chi connectivity index (χ3v) is 6.25. The number of rotatable bonds is 4. The van der Waals surface area contributed by atoms with E-state index in [-0.39, 0.29) is 22.7 Å². The number of ether oxygens (including phenoxy) is 1. The van der Waals surface area contributed by atoms with Crippen molar-refractivity contribution >= 4 is 23.5 Å². The molecule has 0 saturated carbocycles. The van der Waals surface area contributed by atoms with Crippen molar-refractivity contribution in [1.82, 2.24) is 5.32 Å². The van der Waals surface area contributed by atoms with Gasteiger partial charge in [-0.25, -0.2) is 4.90 Å². The molecule has 11 heteroatoms. The molecule has 0 aliphatic carbocycles. The van der Waals surface area contributed by atoms with Crippen molar-refractivity contribution in [2.24, 2.45) is 11.8 Å². The highest BCUT2D eigenvalue weighted by atomic mass is 19.4. The highest BCUT2D eigenvalue weighted by Gasteiger charge is 2.67. The summed E-state index contributed by atoms with van der Waals surface area (Å²) >= 11 is 0. The van der Waals surface area contributed by atoms with Crippen LogP contribution in [-0.4, -0.2) is 40.6 Å². The summed E-state index contributed by atoms with van der Waals surface area (Å²) in [5, 5.41) is 23.3. The Balaban J connectivity index is 1.84. The van der Waals surface area contributed by atoms with Crippen molar-refractivity contribution in [3.8, 4) is 11.5 Å². The van der Waals surface area contributed by atoms with Gasteiger partial charge >= 0.3 is 12.1 Å². The number of methoxy groups -OCH3 is 1. The summed E-state index contributed by atoms with van der Waals surface area (Å²) in [5.74, 6) is -6.21. The Kier molecular flexibility index (Phi) is 5.12. The second-order valence-electron chi connectivity index (χ2n) is 8.09. The smallest absolute Gasteiger partial charge is 0.416 e. The number of para-hydroxylation sites is 1. The SMILES string of the molecule is COc1cccc([C@@H]2N[C@@](C)(C(=O)O)[C@H]3C(=O)N(c4cccc(C(F)(F)F)c4)C(=O)[C@H]23)c1O. The van der Waals surface area contributed by atoms with Crippen LogP contribution in [0.25, 0.3) is 0 Å². The summed E-state index contributed by atoms with van der Waals surface area (Å²) in [6, 6.07) is 7.02. The maximum absolute atomic E-state index is 13.4. The van der Waals surface area contributed by atoms with Gasteiger partial charge in [0.15, 0.2) is 11.5 Å². The fraction of sp³-hybridized carbons (Fsp3) is 0.318. The first-order chi connectivity index (χ1) is 15.4. The number of nitrogens with zero attached hydrogens (tertiary/aromatic N) is 1. The Morgan fingerprint density at radius 1 is 1.15 bits per heavy atom. The number of phenols is 1. The van der Waals surface area contributed by atoms with Gasteiger partial charge in [0.2, 0.25) is 11.8 Å². The van der Waals surface area contributed by atoms with Crippen molar-refractivity contribution < 1.29 is 42.5 Å². The highest BCUT2D eigenvalue weighted by Crippen LogP contribution is 2.52. The molecule has 2 saturated heterocycles. The molecule has 2 heterocycles. The van der Waals surface area contributed by atoms with E-state index in [9.17, 15) is 37.8 Å². The number of phenolic OH excluding ortho intramolecular Hbond substituents is 1. The third kappa shape index (κ3) is 3.30. The summed E-state index contributed by atoms with van der Waals surface area (Å²) in [6.45, 7) is 1.23. The number of amides is 2. The second-order valence-corrected chi connectivity index (χ2v) is 8.09. The maximum Gasteiger partial charge on any atom is 0.416 e. The summed E-state index contributed by atoms with van der Waals surface area (Å²) in [7, 11) is 1.31. The third-order valence-electron chi connectivity index (χ3n) is 6.25. The van der Waals surface area contributed by atoms with Crippen LogP contribution in [0.2, 0.25) is 0 Å². The molecular formula is C22H19F3N2O6. The molecule has 8 nitrogen and oxygen atoms in total. The molecule has 2 aromatic rings. The van der Waals surface area contributed by atoms with Crippen LogP contribution in [0, 0.1) is 11.8 Å². The van der Waals surface area contributed by atoms with Crippen molar-refractivity contribution in [2.45, 2.75) is 24.7 Å². The molecular weight excluding hydrogens is 445 g/mol. The first kappa shape index (κ1) is 22.6. The van der Waals surface area contributed by atoms with Crippen molar-refractivity contribution in [1.29, 1.82) is 0 Å². The normalized spacial score (nSPS) is 27.1. The molecule has 4 atom stereocenters. The van der Waals surface area contributed by atoms with Crippen LogP contribution in [0.3, 0.4) is 0 Å². The number of hydrogen-bond donors (Lipinski definition) is 3. The van der Waals surface area contributed by atoms with Crippen LogP contribution in [-0.2, 0) is 20.6 Å². The number of carbonyl (C=O) groups is 3. The van der Waals surface area contributed by atoms with Crippen LogP contribution in [0.5, 0.6) is 11.5 Å². The molecule has 3 N–H and O–H groups in total. The van der Waals surface area contributed by atoms with E-state index in [4.69, 9.17) is 4.74 Å². The Bertz CT molecular complexity index is 1170. The molecule has 0 unspecified atom stereocenters. The highest BCUT2D eigenvalue weighted by molar-refractivity contribution is 6.24. The van der Waals surface area contributed by atoms with E-state index in [2.05, 4.69) is 5.32 Å². The van der Waals surface area contributed by atoms with E-state index in [1.165, 1.54) is 38.3 Å². The van der Waals surface area contributed by atoms with E-state index in [0.29, 0.717) is 11.0 Å². The summed E-state index contributed by atoms with van der Waals surface area (Å²) < 4.78 is 44.7. The molecule has 2 fully saturated rings. The number of carbonyl (C=O) groups excluding carboxylic acids is 2. The zero-order valence-corrected chi connectivity index (χ0v) is 17.4. The molecule has 2 aliphatic heterocycles. The van der Waals surface area contributed by atoms with Gasteiger partial charge in [-0.15, -0.1) is 0 Å². The average Bonchev–Trinajstić information content (AvgIpc) is 3.21. The minimum atomic E-state index is -4.70. The summed E-state index contributed by atoms with van der Waals surface area (Å²) in [4.78, 5) is 39.4. The lowest BCUT2D eigenvalue weighted by atomic mass is 9.80. The molecule has 0 spiro atoms. The molecule has 4 rings (SSSR count). The number of benzene rings is 2. The quantitative estimate of drug-likeness (QED) is 0.596. The molecule has 0 radical (unpaired) electrons. The number of imide groups is 1. The maximum atomic E-state index is 13.4. The van der Waals surface area contributed by atoms with Gasteiger partial charge < -0.3 is 14.9 Å². The topological polar surface area (TPSA) is 116 Å². The van der Waals surface area contributed by atoms with Gasteiger partial charge in [-0.05, 0) is 31.2 Å². The van der Waals surface area contributed by atoms with Crippen LogP contribution >= 0.6 is 0 Å². The van der Waals surface area contributed by atoms with E-state index in [1.54, 1.807) is 0 Å². The molecule has 2 aliphatic rings. The van der Waals surface area contributed by atoms with Gasteiger partial charge in [-0.2, -0.15) is 13.2 Å². The van der Waals surface area contributed by atoms with Gasteiger partial charge in [-0.3, -0.25) is 19.7 Å². The zero-order valence-electron chi connectivity index (χ0n) is 17.4. The van der Waals surface area contributed by atoms with Crippen LogP contribution < -0.4 is 15.0 Å². The number of alkyl halides is 3. The second kappa shape index (κ2) is 7.48. The van der Waals surface area contributed by atoms with E-state index in [1.807, 2.05) is 0 Å². The molecule has 0 bridgehead atoms. The number of aromatic hydroxyl groups is 1. The number of hydrogen-bond acceptors (Lipinski definition) is 6. The van der Waals surface area contributed by atoms with E-state index in [0.717, 1.165) is 12.1 Å². The number of anilines is 1. The predicted octanol–water partition coefficient (Wildman–Crippen LogP) is 2.71. The van der Waals surface area contributed by atoms with Crippen LogP contribution in [0.1, 0.15) is 24.1 Å². The molecule has 2 amide bonds. The Morgan fingerprint density at radius 3 is 2.42 bits per heavy atom. The first-order valence-corrected chi connectivity index (χ1v) is 9.84. The number of aliphatic carboxylic acids is 1. The van der Waals surface area contributed by atoms with Crippen molar-refractivity contribution in [3.05, 3.63) is 53.6 Å². The molecule has 33 heavy (non-hydrogen) atoms. The minimum absolute atomic E-state index is 0.0706. The fourth-order valence-corrected chi connectivity index (χ4v) is 4.63. The van der Waals surface area contributed by atoms with Crippen molar-refractivity contribution in [3.63, 3.8) is 0 Å². The Labute approximate surface area is 185 Å². The lowest BCUT2D eigenvalue weighted by Crippen LogP contribution is -2.53. The van der Waals surface area contributed by atoms with Crippen LogP contribution in [0.15, 0.2) is 42.5 Å². The fourth-order valence-electron chi connectivity index (χ4n) is 4.63. The van der Waals surface area contributed by atoms with Gasteiger partial charge in [0.05, 0.1) is 30.2 Å². The van der Waals surface area contributed by atoms with Gasteiger partial charge in [0, 0.05) is 11.6 Å². The summed E-state index contributed by atoms with van der Waals surface area (Å²) in [5.41, 5.74) is -3.16. The lowest BCUT2D eigenvalue weighted by molar-refractivity contribution is -0.147. The van der Waals surface area contributed by atoms with Gasteiger partial charge in [0.25, 0.3) is 0 Å². The number of halogens is 3. The molecule has 0 aromatic heterocycles.